The maximum absolute atomic E-state index is 12.3. The van der Waals surface area contributed by atoms with E-state index in [1.165, 1.54) is 16.8 Å². The Hall–Kier alpha value is -2.45. The number of carbonyl (C=O) groups excluding carboxylic acids is 1. The lowest BCUT2D eigenvalue weighted by Crippen LogP contribution is -2.32. The summed E-state index contributed by atoms with van der Waals surface area (Å²) in [6, 6.07) is 7.71. The summed E-state index contributed by atoms with van der Waals surface area (Å²) in [7, 11) is 0. The van der Waals surface area contributed by atoms with E-state index in [9.17, 15) is 14.9 Å². The molecule has 0 unspecified atom stereocenters. The minimum Gasteiger partial charge on any atom is -0.336 e. The molecule has 0 radical (unpaired) electrons. The molecule has 3 rings (SSSR count). The molecule has 2 N–H and O–H groups in total. The molecule has 8 nitrogen and oxygen atoms in total. The highest BCUT2D eigenvalue weighted by molar-refractivity contribution is 5.92. The van der Waals surface area contributed by atoms with Crippen LogP contribution in [-0.2, 0) is 0 Å². The van der Waals surface area contributed by atoms with E-state index in [0.29, 0.717) is 24.5 Å². The van der Waals surface area contributed by atoms with E-state index in [4.69, 9.17) is 5.73 Å². The first-order valence-electron chi connectivity index (χ1n) is 6.90. The van der Waals surface area contributed by atoms with Crippen LogP contribution in [0, 0.1) is 10.1 Å². The number of likely N-dealkylation sites (tertiary alicyclic amines) is 1. The number of nitrogens with zero attached hydrogens (tertiary/aromatic N) is 4. The van der Waals surface area contributed by atoms with Crippen LogP contribution in [-0.4, -0.2) is 44.6 Å². The van der Waals surface area contributed by atoms with Gasteiger partial charge in [-0.2, -0.15) is 5.10 Å². The molecule has 2 aromatic rings. The van der Waals surface area contributed by atoms with Crippen LogP contribution >= 0.6 is 12.4 Å². The molecule has 1 aliphatic heterocycles. The first-order chi connectivity index (χ1) is 10.5. The van der Waals surface area contributed by atoms with Gasteiger partial charge in [0, 0.05) is 37.5 Å². The summed E-state index contributed by atoms with van der Waals surface area (Å²) in [5.74, 6) is -0.169. The van der Waals surface area contributed by atoms with Crippen LogP contribution < -0.4 is 5.73 Å². The van der Waals surface area contributed by atoms with Crippen LogP contribution in [0.15, 0.2) is 36.5 Å². The third-order valence-electron chi connectivity index (χ3n) is 3.63. The van der Waals surface area contributed by atoms with E-state index in [1.807, 2.05) is 0 Å². The maximum atomic E-state index is 12.3. The highest BCUT2D eigenvalue weighted by atomic mass is 35.5. The van der Waals surface area contributed by atoms with Gasteiger partial charge in [0.25, 0.3) is 11.6 Å². The lowest BCUT2D eigenvalue weighted by Gasteiger charge is -2.13. The maximum Gasteiger partial charge on any atom is 0.274 e. The number of amides is 1. The van der Waals surface area contributed by atoms with Crippen LogP contribution in [0.3, 0.4) is 0 Å². The SMILES string of the molecule is Cl.N[C@@H]1CCN(C(=O)c2ccn(-c3cccc([N+](=O)[O-])c3)n2)C1. The van der Waals surface area contributed by atoms with Crippen molar-refractivity contribution < 1.29 is 9.72 Å². The van der Waals surface area contributed by atoms with Gasteiger partial charge in [-0.15, -0.1) is 12.4 Å². The van der Waals surface area contributed by atoms with Gasteiger partial charge >= 0.3 is 0 Å². The van der Waals surface area contributed by atoms with Gasteiger partial charge in [-0.3, -0.25) is 14.9 Å². The van der Waals surface area contributed by atoms with Crippen LogP contribution in [0.25, 0.3) is 5.69 Å². The fourth-order valence-corrected chi connectivity index (χ4v) is 2.46. The summed E-state index contributed by atoms with van der Waals surface area (Å²) >= 11 is 0. The Morgan fingerprint density at radius 1 is 1.39 bits per heavy atom. The number of hydrogen-bond acceptors (Lipinski definition) is 5. The number of aromatic nitrogens is 2. The predicted molar refractivity (Wildman–Crippen MR) is 86.0 cm³/mol. The summed E-state index contributed by atoms with van der Waals surface area (Å²) < 4.78 is 1.45. The quantitative estimate of drug-likeness (QED) is 0.672. The molecule has 9 heteroatoms. The molecule has 1 aliphatic rings. The van der Waals surface area contributed by atoms with Crippen molar-refractivity contribution in [2.45, 2.75) is 12.5 Å². The zero-order chi connectivity index (χ0) is 15.7. The number of non-ortho nitro benzene ring substituents is 1. The van der Waals surface area contributed by atoms with Crippen molar-refractivity contribution in [2.75, 3.05) is 13.1 Å². The lowest BCUT2D eigenvalue weighted by molar-refractivity contribution is -0.384. The molecule has 0 saturated carbocycles. The van der Waals surface area contributed by atoms with Gasteiger partial charge in [0.15, 0.2) is 5.69 Å². The number of benzene rings is 1. The second-order valence-corrected chi connectivity index (χ2v) is 5.22. The number of nitro benzene ring substituents is 1. The average molecular weight is 338 g/mol. The fourth-order valence-electron chi connectivity index (χ4n) is 2.46. The van der Waals surface area contributed by atoms with E-state index in [-0.39, 0.29) is 30.0 Å². The molecule has 122 valence electrons. The minimum absolute atomic E-state index is 0. The van der Waals surface area contributed by atoms with Crippen LogP contribution in [0.4, 0.5) is 5.69 Å². The topological polar surface area (TPSA) is 107 Å². The number of nitro groups is 1. The van der Waals surface area contributed by atoms with Gasteiger partial charge in [0.1, 0.15) is 0 Å². The zero-order valence-corrected chi connectivity index (χ0v) is 13.0. The van der Waals surface area contributed by atoms with E-state index in [1.54, 1.807) is 29.3 Å². The van der Waals surface area contributed by atoms with Gasteiger partial charge in [0.05, 0.1) is 10.6 Å². The molecule has 0 spiro atoms. The van der Waals surface area contributed by atoms with Crippen molar-refractivity contribution in [3.63, 3.8) is 0 Å². The number of halogens is 1. The van der Waals surface area contributed by atoms with Crippen LogP contribution in [0.1, 0.15) is 16.9 Å². The van der Waals surface area contributed by atoms with Gasteiger partial charge in [-0.25, -0.2) is 4.68 Å². The molecular formula is C14H16ClN5O3. The molecule has 1 aromatic carbocycles. The smallest absolute Gasteiger partial charge is 0.274 e. The summed E-state index contributed by atoms with van der Waals surface area (Å²) in [6.07, 6.45) is 2.40. The zero-order valence-electron chi connectivity index (χ0n) is 12.2. The summed E-state index contributed by atoms with van der Waals surface area (Å²) in [6.45, 7) is 1.16. The van der Waals surface area contributed by atoms with Gasteiger partial charge in [-0.1, -0.05) is 6.07 Å². The van der Waals surface area contributed by atoms with Crippen molar-refractivity contribution in [1.29, 1.82) is 0 Å². The average Bonchev–Trinajstić information content (AvgIpc) is 3.15. The van der Waals surface area contributed by atoms with E-state index in [2.05, 4.69) is 5.10 Å². The van der Waals surface area contributed by atoms with Crippen molar-refractivity contribution >= 4 is 24.0 Å². The Morgan fingerprint density at radius 2 is 2.17 bits per heavy atom. The summed E-state index contributed by atoms with van der Waals surface area (Å²) in [4.78, 5) is 24.3. The third kappa shape index (κ3) is 3.49. The van der Waals surface area contributed by atoms with Crippen LogP contribution in [0.2, 0.25) is 0 Å². The van der Waals surface area contributed by atoms with E-state index < -0.39 is 4.92 Å². The Balaban J connectivity index is 0.00000192. The number of hydrogen-bond donors (Lipinski definition) is 1. The van der Waals surface area contributed by atoms with Crippen molar-refractivity contribution in [1.82, 2.24) is 14.7 Å². The summed E-state index contributed by atoms with van der Waals surface area (Å²) in [5.41, 5.74) is 6.62. The molecule has 0 aliphatic carbocycles. The Bertz CT molecular complexity index is 733. The first kappa shape index (κ1) is 16.9. The first-order valence-corrected chi connectivity index (χ1v) is 6.90. The third-order valence-corrected chi connectivity index (χ3v) is 3.63. The summed E-state index contributed by atoms with van der Waals surface area (Å²) in [5, 5.41) is 15.0. The molecule has 0 bridgehead atoms. The van der Waals surface area contributed by atoms with Gasteiger partial charge < -0.3 is 10.6 Å². The fraction of sp³-hybridized carbons (Fsp3) is 0.286. The molecular weight excluding hydrogens is 322 g/mol. The molecule has 1 fully saturated rings. The second kappa shape index (κ2) is 6.76. The number of carbonyl (C=O) groups is 1. The van der Waals surface area contributed by atoms with Crippen LogP contribution in [0.5, 0.6) is 0 Å². The van der Waals surface area contributed by atoms with E-state index >= 15 is 0 Å². The number of rotatable bonds is 3. The largest absolute Gasteiger partial charge is 0.336 e. The number of nitrogens with two attached hydrogens (primary N) is 1. The van der Waals surface area contributed by atoms with Crippen molar-refractivity contribution in [3.8, 4) is 5.69 Å². The van der Waals surface area contributed by atoms with Gasteiger partial charge in [-0.05, 0) is 18.6 Å². The standard InChI is InChI=1S/C14H15N5O3.ClH/c15-10-4-6-17(9-10)14(20)13-5-7-18(16-13)11-2-1-3-12(8-11)19(21)22;/h1-3,5,7-8,10H,4,6,9,15H2;1H/t10-;/m1./s1. The molecule has 1 atom stereocenters. The normalized spacial score (nSPS) is 16.9. The van der Waals surface area contributed by atoms with Crippen molar-refractivity contribution in [3.05, 3.63) is 52.3 Å². The second-order valence-electron chi connectivity index (χ2n) is 5.22. The Morgan fingerprint density at radius 3 is 2.83 bits per heavy atom. The Labute approximate surface area is 138 Å². The highest BCUT2D eigenvalue weighted by Crippen LogP contribution is 2.17. The van der Waals surface area contributed by atoms with E-state index in [0.717, 1.165) is 6.42 Å². The van der Waals surface area contributed by atoms with Crippen molar-refractivity contribution in [2.24, 2.45) is 5.73 Å². The minimum atomic E-state index is -0.468. The monoisotopic (exact) mass is 337 g/mol. The molecule has 1 saturated heterocycles. The molecule has 1 amide bonds. The lowest BCUT2D eigenvalue weighted by atomic mass is 10.3. The Kier molecular flexibility index (Phi) is 4.97. The van der Waals surface area contributed by atoms with Gasteiger partial charge in [0.2, 0.25) is 0 Å². The molecule has 1 aromatic heterocycles. The predicted octanol–water partition coefficient (Wildman–Crippen LogP) is 1.38. The highest BCUT2D eigenvalue weighted by Gasteiger charge is 2.26. The molecule has 2 heterocycles. The molecule has 23 heavy (non-hydrogen) atoms.